The fourth-order valence-electron chi connectivity index (χ4n) is 1.95. The van der Waals surface area contributed by atoms with E-state index in [-0.39, 0.29) is 17.2 Å². The third-order valence-corrected chi connectivity index (χ3v) is 3.34. The maximum absolute atomic E-state index is 12.4. The number of hydrogen-bond donors (Lipinski definition) is 2. The fourth-order valence-corrected chi connectivity index (χ4v) is 2.15. The number of nitrogens with one attached hydrogen (secondary N) is 2. The zero-order chi connectivity index (χ0) is 17.5. The number of hydrogen-bond acceptors (Lipinski definition) is 4. The highest BCUT2D eigenvalue weighted by atomic mass is 35.5. The van der Waals surface area contributed by atoms with Gasteiger partial charge in [0.05, 0.1) is 17.2 Å². The molecule has 7 heteroatoms. The molecule has 0 aliphatic rings. The molecule has 0 saturated carbocycles. The number of carbonyl (C=O) groups is 3. The van der Waals surface area contributed by atoms with Gasteiger partial charge < -0.3 is 10.1 Å². The van der Waals surface area contributed by atoms with Gasteiger partial charge in [-0.3, -0.25) is 14.9 Å². The van der Waals surface area contributed by atoms with Crippen LogP contribution in [0.4, 0.5) is 16.2 Å². The molecule has 2 amide bonds. The SMILES string of the molecule is CCOC(=O)Nc1ccc(Cl)c(C(=O)Nc2cccc(C=O)c2)c1. The molecule has 2 aromatic rings. The highest BCUT2D eigenvalue weighted by molar-refractivity contribution is 6.34. The first-order valence-corrected chi connectivity index (χ1v) is 7.51. The van der Waals surface area contributed by atoms with Gasteiger partial charge in [-0.15, -0.1) is 0 Å². The molecule has 6 nitrogen and oxygen atoms in total. The van der Waals surface area contributed by atoms with Gasteiger partial charge in [0.2, 0.25) is 0 Å². The van der Waals surface area contributed by atoms with Crippen LogP contribution >= 0.6 is 11.6 Å². The van der Waals surface area contributed by atoms with E-state index in [0.717, 1.165) is 0 Å². The van der Waals surface area contributed by atoms with E-state index in [1.807, 2.05) is 0 Å². The summed E-state index contributed by atoms with van der Waals surface area (Å²) in [7, 11) is 0. The lowest BCUT2D eigenvalue weighted by Crippen LogP contribution is -2.16. The van der Waals surface area contributed by atoms with Crippen LogP contribution in [-0.4, -0.2) is 24.9 Å². The molecule has 0 aromatic heterocycles. The second kappa shape index (κ2) is 8.12. The Labute approximate surface area is 143 Å². The topological polar surface area (TPSA) is 84.5 Å². The van der Waals surface area contributed by atoms with Crippen molar-refractivity contribution in [2.75, 3.05) is 17.2 Å². The zero-order valence-corrected chi connectivity index (χ0v) is 13.6. The largest absolute Gasteiger partial charge is 0.450 e. The molecule has 0 radical (unpaired) electrons. The summed E-state index contributed by atoms with van der Waals surface area (Å²) >= 11 is 6.05. The highest BCUT2D eigenvalue weighted by Crippen LogP contribution is 2.22. The summed E-state index contributed by atoms with van der Waals surface area (Å²) in [4.78, 5) is 34.6. The number of halogens is 1. The zero-order valence-electron chi connectivity index (χ0n) is 12.8. The van der Waals surface area contributed by atoms with Gasteiger partial charge in [-0.2, -0.15) is 0 Å². The number of anilines is 2. The van der Waals surface area contributed by atoms with E-state index in [2.05, 4.69) is 10.6 Å². The highest BCUT2D eigenvalue weighted by Gasteiger charge is 2.13. The van der Waals surface area contributed by atoms with Gasteiger partial charge in [0.25, 0.3) is 5.91 Å². The average Bonchev–Trinajstić information content (AvgIpc) is 2.57. The van der Waals surface area contributed by atoms with E-state index in [9.17, 15) is 14.4 Å². The summed E-state index contributed by atoms with van der Waals surface area (Å²) in [6.45, 7) is 1.92. The predicted molar refractivity (Wildman–Crippen MR) is 91.9 cm³/mol. The van der Waals surface area contributed by atoms with Crippen LogP contribution in [0.25, 0.3) is 0 Å². The third-order valence-electron chi connectivity index (χ3n) is 3.01. The van der Waals surface area contributed by atoms with Crippen LogP contribution in [0.5, 0.6) is 0 Å². The second-order valence-electron chi connectivity index (χ2n) is 4.74. The van der Waals surface area contributed by atoms with Crippen molar-refractivity contribution in [1.82, 2.24) is 0 Å². The van der Waals surface area contributed by atoms with Crippen molar-refractivity contribution >= 4 is 41.3 Å². The Hall–Kier alpha value is -2.86. The third kappa shape index (κ3) is 4.57. The van der Waals surface area contributed by atoms with Gasteiger partial charge in [0, 0.05) is 16.9 Å². The van der Waals surface area contributed by atoms with E-state index < -0.39 is 12.0 Å². The van der Waals surface area contributed by atoms with E-state index >= 15 is 0 Å². The van der Waals surface area contributed by atoms with Gasteiger partial charge >= 0.3 is 6.09 Å². The van der Waals surface area contributed by atoms with Gasteiger partial charge in [-0.05, 0) is 37.3 Å². The van der Waals surface area contributed by atoms with Crippen LogP contribution in [0.15, 0.2) is 42.5 Å². The molecule has 0 atom stereocenters. The van der Waals surface area contributed by atoms with Crippen LogP contribution in [0.3, 0.4) is 0 Å². The first kappa shape index (κ1) is 17.5. The van der Waals surface area contributed by atoms with Crippen LogP contribution in [0, 0.1) is 0 Å². The molecule has 0 heterocycles. The van der Waals surface area contributed by atoms with Gasteiger partial charge in [0.1, 0.15) is 6.29 Å². The minimum atomic E-state index is -0.620. The van der Waals surface area contributed by atoms with Gasteiger partial charge in [-0.25, -0.2) is 4.79 Å². The molecule has 24 heavy (non-hydrogen) atoms. The molecule has 2 aromatic carbocycles. The molecular formula is C17H15ClN2O4. The van der Waals surface area contributed by atoms with E-state index in [1.165, 1.54) is 12.1 Å². The Balaban J connectivity index is 2.18. The lowest BCUT2D eigenvalue weighted by Gasteiger charge is -2.10. The number of aldehydes is 1. The van der Waals surface area contributed by atoms with E-state index in [1.54, 1.807) is 37.3 Å². The summed E-state index contributed by atoms with van der Waals surface area (Å²) in [5, 5.41) is 5.38. The standard InChI is InChI=1S/C17H15ClN2O4/c1-2-24-17(23)20-13-6-7-15(18)14(9-13)16(22)19-12-5-3-4-11(8-12)10-21/h3-10H,2H2,1H3,(H,19,22)(H,20,23). The van der Waals surface area contributed by atoms with Gasteiger partial charge in [-0.1, -0.05) is 23.7 Å². The minimum Gasteiger partial charge on any atom is -0.450 e. The summed E-state index contributed by atoms with van der Waals surface area (Å²) in [5.74, 6) is -0.462. The molecule has 2 rings (SSSR count). The Morgan fingerprint density at radius 2 is 1.88 bits per heavy atom. The number of ether oxygens (including phenoxy) is 1. The van der Waals surface area contributed by atoms with Crippen molar-refractivity contribution in [2.24, 2.45) is 0 Å². The van der Waals surface area contributed by atoms with E-state index in [0.29, 0.717) is 23.2 Å². The molecule has 0 unspecified atom stereocenters. The van der Waals surface area contributed by atoms with Crippen LogP contribution in [0.1, 0.15) is 27.6 Å². The Morgan fingerprint density at radius 3 is 2.58 bits per heavy atom. The molecule has 0 fully saturated rings. The fraction of sp³-hybridized carbons (Fsp3) is 0.118. The van der Waals surface area contributed by atoms with Crippen molar-refractivity contribution in [2.45, 2.75) is 6.92 Å². The monoisotopic (exact) mass is 346 g/mol. The van der Waals surface area contributed by atoms with Crippen LogP contribution < -0.4 is 10.6 Å². The average molecular weight is 347 g/mol. The normalized spacial score (nSPS) is 9.92. The predicted octanol–water partition coefficient (Wildman–Crippen LogP) is 3.97. The van der Waals surface area contributed by atoms with E-state index in [4.69, 9.17) is 16.3 Å². The number of rotatable bonds is 5. The smallest absolute Gasteiger partial charge is 0.411 e. The van der Waals surface area contributed by atoms with Gasteiger partial charge in [0.15, 0.2) is 0 Å². The molecule has 0 spiro atoms. The summed E-state index contributed by atoms with van der Waals surface area (Å²) in [5.41, 5.74) is 1.47. The number of carbonyl (C=O) groups excluding carboxylic acids is 3. The lowest BCUT2D eigenvalue weighted by atomic mass is 10.1. The minimum absolute atomic E-state index is 0.183. The molecule has 124 valence electrons. The van der Waals surface area contributed by atoms with Crippen LogP contribution in [0.2, 0.25) is 5.02 Å². The van der Waals surface area contributed by atoms with Crippen molar-refractivity contribution in [3.05, 3.63) is 58.6 Å². The summed E-state index contributed by atoms with van der Waals surface area (Å²) in [6.07, 6.45) is 0.0665. The Bertz CT molecular complexity index is 777. The Kier molecular flexibility index (Phi) is 5.92. The maximum Gasteiger partial charge on any atom is 0.411 e. The first-order valence-electron chi connectivity index (χ1n) is 7.13. The van der Waals surface area contributed by atoms with Crippen LogP contribution in [-0.2, 0) is 4.74 Å². The number of amides is 2. The molecular weight excluding hydrogens is 332 g/mol. The lowest BCUT2D eigenvalue weighted by molar-refractivity contribution is 0.102. The summed E-state index contributed by atoms with van der Waals surface area (Å²) < 4.78 is 4.78. The van der Waals surface area contributed by atoms with Crippen molar-refractivity contribution in [3.63, 3.8) is 0 Å². The maximum atomic E-state index is 12.4. The Morgan fingerprint density at radius 1 is 1.12 bits per heavy atom. The molecule has 0 aliphatic heterocycles. The second-order valence-corrected chi connectivity index (χ2v) is 5.14. The first-order chi connectivity index (χ1) is 11.5. The molecule has 2 N–H and O–H groups in total. The quantitative estimate of drug-likeness (QED) is 0.802. The molecule has 0 saturated heterocycles. The van der Waals surface area contributed by atoms with Crippen molar-refractivity contribution < 1.29 is 19.1 Å². The number of benzene rings is 2. The van der Waals surface area contributed by atoms with Crippen molar-refractivity contribution in [1.29, 1.82) is 0 Å². The molecule has 0 aliphatic carbocycles. The van der Waals surface area contributed by atoms with Crippen molar-refractivity contribution in [3.8, 4) is 0 Å². The molecule has 0 bridgehead atoms. The summed E-state index contributed by atoms with van der Waals surface area (Å²) in [6, 6.07) is 11.0.